The topological polar surface area (TPSA) is 80.9 Å². The van der Waals surface area contributed by atoms with Crippen LogP contribution >= 0.6 is 15.9 Å². The lowest BCUT2D eigenvalue weighted by Crippen LogP contribution is -2.49. The van der Waals surface area contributed by atoms with Crippen LogP contribution in [0.4, 0.5) is 5.82 Å². The third-order valence-corrected chi connectivity index (χ3v) is 4.26. The number of nitrogens with zero attached hydrogens (tertiary/aromatic N) is 4. The highest BCUT2D eigenvalue weighted by Crippen LogP contribution is 2.19. The maximum absolute atomic E-state index is 12.4. The van der Waals surface area contributed by atoms with Crippen molar-refractivity contribution < 1.29 is 18.7 Å². The molecular formula is C16H19BrN4O4. The van der Waals surface area contributed by atoms with Gasteiger partial charge in [0.1, 0.15) is 6.61 Å². The molecule has 0 atom stereocenters. The summed E-state index contributed by atoms with van der Waals surface area (Å²) >= 11 is 3.21. The number of ether oxygens (including phenoxy) is 2. The number of carbonyl (C=O) groups is 1. The van der Waals surface area contributed by atoms with Crippen molar-refractivity contribution in [2.45, 2.75) is 0 Å². The SMILES string of the molecule is COCCOc1ccc(N2CCN(C(=O)c3ccc(Br)o3)CC2)nn1. The molecular weight excluding hydrogens is 392 g/mol. The fourth-order valence-electron chi connectivity index (χ4n) is 2.51. The number of halogens is 1. The number of hydrogen-bond donors (Lipinski definition) is 0. The summed E-state index contributed by atoms with van der Waals surface area (Å²) in [6, 6.07) is 7.05. The summed E-state index contributed by atoms with van der Waals surface area (Å²) in [5, 5.41) is 8.25. The Morgan fingerprint density at radius 2 is 1.96 bits per heavy atom. The Morgan fingerprint density at radius 3 is 2.56 bits per heavy atom. The zero-order valence-electron chi connectivity index (χ0n) is 13.9. The van der Waals surface area contributed by atoms with Crippen molar-refractivity contribution in [3.05, 3.63) is 34.7 Å². The number of carbonyl (C=O) groups excluding carboxylic acids is 1. The molecule has 0 spiro atoms. The molecule has 2 aromatic heterocycles. The van der Waals surface area contributed by atoms with E-state index in [1.54, 1.807) is 30.2 Å². The van der Waals surface area contributed by atoms with Gasteiger partial charge in [0.05, 0.1) is 6.61 Å². The van der Waals surface area contributed by atoms with Gasteiger partial charge in [0.2, 0.25) is 5.88 Å². The molecule has 1 fully saturated rings. The summed E-state index contributed by atoms with van der Waals surface area (Å²) < 4.78 is 16.2. The van der Waals surface area contributed by atoms with Gasteiger partial charge in [0, 0.05) is 39.4 Å². The van der Waals surface area contributed by atoms with Crippen LogP contribution in [0.1, 0.15) is 10.6 Å². The van der Waals surface area contributed by atoms with Crippen molar-refractivity contribution in [2.24, 2.45) is 0 Å². The predicted octanol–water partition coefficient (Wildman–Crippen LogP) is 1.82. The third kappa shape index (κ3) is 4.49. The third-order valence-electron chi connectivity index (χ3n) is 3.84. The average Bonchev–Trinajstić information content (AvgIpc) is 3.08. The first kappa shape index (κ1) is 17.7. The maximum atomic E-state index is 12.4. The maximum Gasteiger partial charge on any atom is 0.289 e. The van der Waals surface area contributed by atoms with Gasteiger partial charge in [-0.25, -0.2) is 0 Å². The molecule has 1 amide bonds. The van der Waals surface area contributed by atoms with E-state index >= 15 is 0 Å². The van der Waals surface area contributed by atoms with E-state index in [2.05, 4.69) is 31.0 Å². The Balaban J connectivity index is 1.52. The van der Waals surface area contributed by atoms with Crippen molar-refractivity contribution >= 4 is 27.7 Å². The molecule has 0 radical (unpaired) electrons. The second-order valence-electron chi connectivity index (χ2n) is 5.45. The first-order valence-corrected chi connectivity index (χ1v) is 8.71. The van der Waals surface area contributed by atoms with Crippen LogP contribution in [0.3, 0.4) is 0 Å². The van der Waals surface area contributed by atoms with Crippen molar-refractivity contribution in [2.75, 3.05) is 51.4 Å². The summed E-state index contributed by atoms with van der Waals surface area (Å²) in [6.45, 7) is 3.52. The summed E-state index contributed by atoms with van der Waals surface area (Å²) in [5.74, 6) is 1.49. The summed E-state index contributed by atoms with van der Waals surface area (Å²) in [4.78, 5) is 16.2. The second-order valence-corrected chi connectivity index (χ2v) is 6.24. The van der Waals surface area contributed by atoms with Gasteiger partial charge in [0.15, 0.2) is 16.2 Å². The molecule has 0 bridgehead atoms. The van der Waals surface area contributed by atoms with Crippen LogP contribution in [-0.2, 0) is 4.74 Å². The molecule has 1 aliphatic heterocycles. The van der Waals surface area contributed by atoms with Crippen molar-refractivity contribution in [1.29, 1.82) is 0 Å². The lowest BCUT2D eigenvalue weighted by atomic mass is 10.3. The number of anilines is 1. The van der Waals surface area contributed by atoms with Gasteiger partial charge < -0.3 is 23.7 Å². The standard InChI is InChI=1S/C16H19BrN4O4/c1-23-10-11-24-15-5-4-14(18-19-15)20-6-8-21(9-7-20)16(22)12-2-3-13(17)25-12/h2-5H,6-11H2,1H3. The van der Waals surface area contributed by atoms with Gasteiger partial charge in [0.25, 0.3) is 5.91 Å². The number of piperazine rings is 1. The van der Waals surface area contributed by atoms with Gasteiger partial charge in [-0.3, -0.25) is 4.79 Å². The van der Waals surface area contributed by atoms with E-state index in [1.165, 1.54) is 0 Å². The first-order valence-electron chi connectivity index (χ1n) is 7.92. The number of amides is 1. The summed E-state index contributed by atoms with van der Waals surface area (Å²) in [6.07, 6.45) is 0. The van der Waals surface area contributed by atoms with Crippen LogP contribution in [-0.4, -0.2) is 67.5 Å². The van der Waals surface area contributed by atoms with Crippen LogP contribution in [0, 0.1) is 0 Å². The van der Waals surface area contributed by atoms with Gasteiger partial charge >= 0.3 is 0 Å². The Morgan fingerprint density at radius 1 is 1.16 bits per heavy atom. The predicted molar refractivity (Wildman–Crippen MR) is 93.9 cm³/mol. The van der Waals surface area contributed by atoms with Gasteiger partial charge in [-0.05, 0) is 34.1 Å². The number of furan rings is 1. The Hall–Kier alpha value is -2.13. The van der Waals surface area contributed by atoms with Gasteiger partial charge in [-0.1, -0.05) is 0 Å². The molecule has 0 saturated carbocycles. The molecule has 3 heterocycles. The zero-order valence-corrected chi connectivity index (χ0v) is 15.4. The highest BCUT2D eigenvalue weighted by molar-refractivity contribution is 9.10. The van der Waals surface area contributed by atoms with Crippen LogP contribution in [0.2, 0.25) is 0 Å². The molecule has 8 nitrogen and oxygen atoms in total. The lowest BCUT2D eigenvalue weighted by Gasteiger charge is -2.34. The molecule has 2 aromatic rings. The molecule has 1 aliphatic rings. The molecule has 0 N–H and O–H groups in total. The van der Waals surface area contributed by atoms with E-state index < -0.39 is 0 Å². The minimum absolute atomic E-state index is 0.0988. The molecule has 0 aromatic carbocycles. The largest absolute Gasteiger partial charge is 0.474 e. The van der Waals surface area contributed by atoms with Gasteiger partial charge in [-0.15, -0.1) is 10.2 Å². The first-order chi connectivity index (χ1) is 12.2. The molecule has 3 rings (SSSR count). The van der Waals surface area contributed by atoms with Crippen LogP contribution in [0.5, 0.6) is 5.88 Å². The Kier molecular flexibility index (Phi) is 5.87. The minimum Gasteiger partial charge on any atom is -0.474 e. The molecule has 0 unspecified atom stereocenters. The summed E-state index contributed by atoms with van der Waals surface area (Å²) in [5.41, 5.74) is 0. The molecule has 0 aliphatic carbocycles. The quantitative estimate of drug-likeness (QED) is 0.671. The smallest absolute Gasteiger partial charge is 0.289 e. The minimum atomic E-state index is -0.0988. The number of methoxy groups -OCH3 is 1. The molecule has 25 heavy (non-hydrogen) atoms. The van der Waals surface area contributed by atoms with Crippen molar-refractivity contribution in [1.82, 2.24) is 15.1 Å². The normalized spacial score (nSPS) is 14.6. The average molecular weight is 411 g/mol. The van der Waals surface area contributed by atoms with Crippen LogP contribution in [0.15, 0.2) is 33.4 Å². The van der Waals surface area contributed by atoms with E-state index in [0.717, 1.165) is 5.82 Å². The fourth-order valence-corrected chi connectivity index (χ4v) is 2.82. The van der Waals surface area contributed by atoms with E-state index in [9.17, 15) is 4.79 Å². The van der Waals surface area contributed by atoms with E-state index in [0.29, 0.717) is 55.7 Å². The second kappa shape index (κ2) is 8.30. The Labute approximate surface area is 153 Å². The van der Waals surface area contributed by atoms with E-state index in [4.69, 9.17) is 13.9 Å². The molecule has 134 valence electrons. The highest BCUT2D eigenvalue weighted by Gasteiger charge is 2.24. The Bertz CT molecular complexity index is 698. The van der Waals surface area contributed by atoms with E-state index in [-0.39, 0.29) is 5.91 Å². The zero-order chi connectivity index (χ0) is 17.6. The number of aromatic nitrogens is 2. The fraction of sp³-hybridized carbons (Fsp3) is 0.438. The van der Waals surface area contributed by atoms with Crippen LogP contribution in [0.25, 0.3) is 0 Å². The van der Waals surface area contributed by atoms with Crippen LogP contribution < -0.4 is 9.64 Å². The number of rotatable bonds is 6. The van der Waals surface area contributed by atoms with Gasteiger partial charge in [-0.2, -0.15) is 0 Å². The molecule has 9 heteroatoms. The number of hydrogen-bond acceptors (Lipinski definition) is 7. The highest BCUT2D eigenvalue weighted by atomic mass is 79.9. The molecule has 1 saturated heterocycles. The lowest BCUT2D eigenvalue weighted by molar-refractivity contribution is 0.0713. The van der Waals surface area contributed by atoms with Crippen molar-refractivity contribution in [3.8, 4) is 5.88 Å². The van der Waals surface area contributed by atoms with E-state index in [1.807, 2.05) is 6.07 Å². The van der Waals surface area contributed by atoms with Crippen molar-refractivity contribution in [3.63, 3.8) is 0 Å². The summed E-state index contributed by atoms with van der Waals surface area (Å²) in [7, 11) is 1.62. The monoisotopic (exact) mass is 410 g/mol.